The number of benzene rings is 1. The molecule has 1 rings (SSSR count). The molecular weight excluding hydrogens is 288 g/mol. The first kappa shape index (κ1) is 14.4. The van der Waals surface area contributed by atoms with Crippen molar-refractivity contribution in [3.8, 4) is 5.75 Å². The highest BCUT2D eigenvalue weighted by molar-refractivity contribution is 6.37. The van der Waals surface area contributed by atoms with Crippen LogP contribution in [0.15, 0.2) is 12.1 Å². The van der Waals surface area contributed by atoms with E-state index in [1.165, 1.54) is 12.1 Å². The van der Waals surface area contributed by atoms with E-state index >= 15 is 0 Å². The van der Waals surface area contributed by atoms with Gasteiger partial charge in [0.05, 0.1) is 21.6 Å². The standard InChI is InChI=1S/C10H10Cl3NO3/c1-6(4-11)5-17-10-8(12)2-7(14(15)16)3-9(10)13/h2-3,6H,4-5H2,1H3. The number of ether oxygens (including phenoxy) is 1. The Morgan fingerprint density at radius 1 is 1.41 bits per heavy atom. The number of alkyl halides is 1. The number of non-ortho nitro benzene ring substituents is 1. The largest absolute Gasteiger partial charge is 0.490 e. The van der Waals surface area contributed by atoms with Crippen LogP contribution in [0.4, 0.5) is 5.69 Å². The molecule has 0 N–H and O–H groups in total. The van der Waals surface area contributed by atoms with Gasteiger partial charge in [-0.25, -0.2) is 0 Å². The first-order valence-corrected chi connectivity index (χ1v) is 6.07. The zero-order valence-electron chi connectivity index (χ0n) is 8.95. The number of halogens is 3. The van der Waals surface area contributed by atoms with Crippen molar-refractivity contribution in [2.24, 2.45) is 5.92 Å². The van der Waals surface area contributed by atoms with E-state index in [1.807, 2.05) is 6.92 Å². The molecule has 7 heteroatoms. The van der Waals surface area contributed by atoms with Crippen LogP contribution in [0.2, 0.25) is 10.0 Å². The molecule has 0 heterocycles. The lowest BCUT2D eigenvalue weighted by Crippen LogP contribution is -2.10. The van der Waals surface area contributed by atoms with Gasteiger partial charge in [-0.05, 0) is 0 Å². The van der Waals surface area contributed by atoms with Crippen molar-refractivity contribution >= 4 is 40.5 Å². The van der Waals surface area contributed by atoms with Crippen LogP contribution in [0.25, 0.3) is 0 Å². The Bertz CT molecular complexity index is 402. The Morgan fingerprint density at radius 3 is 2.35 bits per heavy atom. The quantitative estimate of drug-likeness (QED) is 0.466. The molecule has 0 saturated heterocycles. The van der Waals surface area contributed by atoms with Gasteiger partial charge in [-0.1, -0.05) is 30.1 Å². The average molecular weight is 299 g/mol. The molecule has 0 saturated carbocycles. The molecule has 17 heavy (non-hydrogen) atoms. The molecule has 0 spiro atoms. The molecule has 0 bridgehead atoms. The maximum Gasteiger partial charge on any atom is 0.272 e. The maximum absolute atomic E-state index is 10.6. The smallest absolute Gasteiger partial charge is 0.272 e. The zero-order valence-corrected chi connectivity index (χ0v) is 11.2. The summed E-state index contributed by atoms with van der Waals surface area (Å²) < 4.78 is 5.38. The minimum absolute atomic E-state index is 0.117. The lowest BCUT2D eigenvalue weighted by Gasteiger charge is -2.12. The summed E-state index contributed by atoms with van der Waals surface area (Å²) >= 11 is 17.3. The normalized spacial score (nSPS) is 12.2. The van der Waals surface area contributed by atoms with Gasteiger partial charge in [0, 0.05) is 23.9 Å². The summed E-state index contributed by atoms with van der Waals surface area (Å²) in [6.07, 6.45) is 0. The molecule has 0 aliphatic carbocycles. The van der Waals surface area contributed by atoms with Gasteiger partial charge >= 0.3 is 0 Å². The highest BCUT2D eigenvalue weighted by atomic mass is 35.5. The molecule has 1 aromatic rings. The molecule has 4 nitrogen and oxygen atoms in total. The molecule has 1 atom stereocenters. The zero-order chi connectivity index (χ0) is 13.0. The predicted molar refractivity (Wildman–Crippen MR) is 68.5 cm³/mol. The first-order chi connectivity index (χ1) is 7.95. The lowest BCUT2D eigenvalue weighted by atomic mass is 10.2. The summed E-state index contributed by atoms with van der Waals surface area (Å²) in [7, 11) is 0. The predicted octanol–water partition coefficient (Wildman–Crippen LogP) is 4.16. The number of nitro groups is 1. The summed E-state index contributed by atoms with van der Waals surface area (Å²) in [5.74, 6) is 0.831. The third-order valence-corrected chi connectivity index (χ3v) is 3.06. The van der Waals surface area contributed by atoms with E-state index in [0.29, 0.717) is 12.5 Å². The molecule has 0 aliphatic rings. The van der Waals surface area contributed by atoms with Crippen molar-refractivity contribution in [2.45, 2.75) is 6.92 Å². The molecule has 1 aromatic carbocycles. The summed E-state index contributed by atoms with van der Waals surface area (Å²) in [5.41, 5.74) is -0.169. The van der Waals surface area contributed by atoms with Crippen molar-refractivity contribution in [1.29, 1.82) is 0 Å². The van der Waals surface area contributed by atoms with Crippen LogP contribution >= 0.6 is 34.8 Å². The highest BCUT2D eigenvalue weighted by Crippen LogP contribution is 2.36. The van der Waals surface area contributed by atoms with Crippen LogP contribution in [-0.2, 0) is 0 Å². The van der Waals surface area contributed by atoms with Gasteiger partial charge in [-0.3, -0.25) is 10.1 Å². The SMILES string of the molecule is CC(CCl)COc1c(Cl)cc([N+](=O)[O-])cc1Cl. The van der Waals surface area contributed by atoms with Crippen molar-refractivity contribution < 1.29 is 9.66 Å². The molecule has 0 aromatic heterocycles. The number of nitro benzene ring substituents is 1. The average Bonchev–Trinajstić information content (AvgIpc) is 2.27. The van der Waals surface area contributed by atoms with E-state index in [2.05, 4.69) is 0 Å². The third kappa shape index (κ3) is 3.91. The monoisotopic (exact) mass is 297 g/mol. The Morgan fingerprint density at radius 2 is 1.94 bits per heavy atom. The fourth-order valence-electron chi connectivity index (χ4n) is 1.06. The topological polar surface area (TPSA) is 52.4 Å². The maximum atomic E-state index is 10.6. The second-order valence-corrected chi connectivity index (χ2v) is 4.69. The van der Waals surface area contributed by atoms with E-state index in [-0.39, 0.29) is 27.4 Å². The molecule has 1 unspecified atom stereocenters. The number of nitrogens with zero attached hydrogens (tertiary/aromatic N) is 1. The van der Waals surface area contributed by atoms with Crippen molar-refractivity contribution in [3.05, 3.63) is 32.3 Å². The van der Waals surface area contributed by atoms with Crippen molar-refractivity contribution in [3.63, 3.8) is 0 Å². The number of hydrogen-bond donors (Lipinski definition) is 0. The summed E-state index contributed by atoms with van der Waals surface area (Å²) in [4.78, 5) is 9.99. The van der Waals surface area contributed by atoms with Gasteiger partial charge in [-0.15, -0.1) is 11.6 Å². The van der Waals surface area contributed by atoms with E-state index in [4.69, 9.17) is 39.5 Å². The lowest BCUT2D eigenvalue weighted by molar-refractivity contribution is -0.384. The van der Waals surface area contributed by atoms with Crippen LogP contribution in [-0.4, -0.2) is 17.4 Å². The van der Waals surface area contributed by atoms with Crippen LogP contribution in [0, 0.1) is 16.0 Å². The Labute approximate surface area is 114 Å². The Kier molecular flexibility index (Phi) is 5.31. The number of rotatable bonds is 5. The van der Waals surface area contributed by atoms with Gasteiger partial charge in [0.2, 0.25) is 0 Å². The molecule has 0 aliphatic heterocycles. The molecule has 94 valence electrons. The Hall–Kier alpha value is -0.710. The van der Waals surface area contributed by atoms with Gasteiger partial charge in [0.25, 0.3) is 5.69 Å². The van der Waals surface area contributed by atoms with E-state index in [9.17, 15) is 10.1 Å². The molecule has 0 radical (unpaired) electrons. The van der Waals surface area contributed by atoms with Gasteiger partial charge in [0.15, 0.2) is 5.75 Å². The first-order valence-electron chi connectivity index (χ1n) is 4.78. The van der Waals surface area contributed by atoms with Crippen molar-refractivity contribution in [1.82, 2.24) is 0 Å². The minimum Gasteiger partial charge on any atom is -0.490 e. The van der Waals surface area contributed by atoms with E-state index in [0.717, 1.165) is 0 Å². The second kappa shape index (κ2) is 6.28. The minimum atomic E-state index is -0.567. The fraction of sp³-hybridized carbons (Fsp3) is 0.400. The van der Waals surface area contributed by atoms with Crippen molar-refractivity contribution in [2.75, 3.05) is 12.5 Å². The van der Waals surface area contributed by atoms with E-state index in [1.54, 1.807) is 0 Å². The highest BCUT2D eigenvalue weighted by Gasteiger charge is 2.16. The fourth-order valence-corrected chi connectivity index (χ4v) is 1.73. The molecular formula is C10H10Cl3NO3. The molecule has 0 amide bonds. The van der Waals surface area contributed by atoms with Gasteiger partial charge in [0.1, 0.15) is 0 Å². The Balaban J connectivity index is 2.90. The van der Waals surface area contributed by atoms with Crippen LogP contribution in [0.5, 0.6) is 5.75 Å². The third-order valence-electron chi connectivity index (χ3n) is 1.97. The number of hydrogen-bond acceptors (Lipinski definition) is 3. The summed E-state index contributed by atoms with van der Waals surface area (Å²) in [6.45, 7) is 2.25. The van der Waals surface area contributed by atoms with Gasteiger partial charge < -0.3 is 4.74 Å². The van der Waals surface area contributed by atoms with Gasteiger partial charge in [-0.2, -0.15) is 0 Å². The van der Waals surface area contributed by atoms with Crippen LogP contribution in [0.1, 0.15) is 6.92 Å². The second-order valence-electron chi connectivity index (χ2n) is 3.57. The van der Waals surface area contributed by atoms with Crippen LogP contribution < -0.4 is 4.74 Å². The summed E-state index contributed by atoms with van der Waals surface area (Å²) in [5, 5.41) is 10.8. The van der Waals surface area contributed by atoms with E-state index < -0.39 is 4.92 Å². The summed E-state index contributed by atoms with van der Waals surface area (Å²) in [6, 6.07) is 2.41. The molecule has 0 fully saturated rings. The van der Waals surface area contributed by atoms with Crippen LogP contribution in [0.3, 0.4) is 0 Å².